The summed E-state index contributed by atoms with van der Waals surface area (Å²) >= 11 is 0. The van der Waals surface area contributed by atoms with Crippen LogP contribution in [0, 0.1) is 5.41 Å². The fourth-order valence-electron chi connectivity index (χ4n) is 4.49. The van der Waals surface area contributed by atoms with Crippen LogP contribution in [-0.4, -0.2) is 51.4 Å². The average molecular weight is 633 g/mol. The van der Waals surface area contributed by atoms with Crippen LogP contribution < -0.4 is 10.4 Å². The second kappa shape index (κ2) is 10.7. The number of benzene rings is 1. The van der Waals surface area contributed by atoms with Gasteiger partial charge < -0.3 is 4.74 Å². The molecule has 4 aromatic heterocycles. The van der Waals surface area contributed by atoms with Gasteiger partial charge in [0.1, 0.15) is 23.3 Å². The molecule has 0 aliphatic heterocycles. The molecule has 44 heavy (non-hydrogen) atoms. The van der Waals surface area contributed by atoms with Gasteiger partial charge in [-0.25, -0.2) is 14.6 Å². The van der Waals surface area contributed by atoms with Gasteiger partial charge in [-0.05, 0) is 24.6 Å². The molecule has 1 N–H and O–H groups in total. The van der Waals surface area contributed by atoms with Gasteiger partial charge in [-0.15, -0.1) is 0 Å². The molecular formula is C25H20F9N9O. The number of hydrogen-bond donors (Lipinski definition) is 1. The molecule has 5 rings (SSSR count). The number of aryl methyl sites for hydroxylation is 1. The summed E-state index contributed by atoms with van der Waals surface area (Å²) in [7, 11) is 1.21. The molecule has 0 saturated heterocycles. The maximum atomic E-state index is 13.6. The lowest BCUT2D eigenvalue weighted by atomic mass is 10.2. The Balaban J connectivity index is 1.59. The van der Waals surface area contributed by atoms with Crippen molar-refractivity contribution in [2.45, 2.75) is 38.5 Å². The van der Waals surface area contributed by atoms with Crippen molar-refractivity contribution in [2.75, 3.05) is 6.61 Å². The van der Waals surface area contributed by atoms with E-state index in [0.29, 0.717) is 16.3 Å². The van der Waals surface area contributed by atoms with Gasteiger partial charge in [0.15, 0.2) is 17.2 Å². The molecule has 0 unspecified atom stereocenters. The summed E-state index contributed by atoms with van der Waals surface area (Å²) in [5, 5.41) is 15.6. The van der Waals surface area contributed by atoms with Crippen molar-refractivity contribution in [3.05, 3.63) is 65.2 Å². The highest BCUT2D eigenvalue weighted by atomic mass is 19.4. The predicted molar refractivity (Wildman–Crippen MR) is 133 cm³/mol. The van der Waals surface area contributed by atoms with Gasteiger partial charge in [0.05, 0.1) is 31.2 Å². The highest BCUT2D eigenvalue weighted by Gasteiger charge is 2.38. The summed E-state index contributed by atoms with van der Waals surface area (Å²) in [6.45, 7) is -0.248. The predicted octanol–water partition coefficient (Wildman–Crippen LogP) is 5.35. The molecule has 1 aromatic carbocycles. The Labute approximate surface area is 240 Å². The van der Waals surface area contributed by atoms with Crippen LogP contribution in [0.4, 0.5) is 39.5 Å². The summed E-state index contributed by atoms with van der Waals surface area (Å²) in [4.78, 5) is 7.99. The Hall–Kier alpha value is -4.84. The molecule has 0 aliphatic rings. The van der Waals surface area contributed by atoms with Crippen LogP contribution in [0.1, 0.15) is 23.7 Å². The van der Waals surface area contributed by atoms with Crippen molar-refractivity contribution < 1.29 is 44.3 Å². The van der Waals surface area contributed by atoms with E-state index < -0.39 is 53.5 Å². The van der Waals surface area contributed by atoms with E-state index in [1.165, 1.54) is 31.3 Å². The summed E-state index contributed by atoms with van der Waals surface area (Å²) in [5.41, 5.74) is -3.54. The van der Waals surface area contributed by atoms with E-state index in [-0.39, 0.29) is 35.9 Å². The maximum Gasteiger partial charge on any atom is 0.435 e. The van der Waals surface area contributed by atoms with Crippen LogP contribution in [0.5, 0.6) is 5.88 Å². The Morgan fingerprint density at radius 2 is 1.59 bits per heavy atom. The molecule has 0 saturated carbocycles. The zero-order chi connectivity index (χ0) is 32.2. The topological polar surface area (TPSA) is 104 Å². The molecule has 0 bridgehead atoms. The molecule has 19 heteroatoms. The smallest absolute Gasteiger partial charge is 0.435 e. The third-order valence-corrected chi connectivity index (χ3v) is 6.38. The third-order valence-electron chi connectivity index (χ3n) is 6.38. The molecule has 0 radical (unpaired) electrons. The number of nitrogens with zero attached hydrogens (tertiary/aromatic N) is 8. The monoisotopic (exact) mass is 633 g/mol. The zero-order valence-electron chi connectivity index (χ0n) is 22.6. The van der Waals surface area contributed by atoms with Gasteiger partial charge in [-0.2, -0.15) is 49.7 Å². The van der Waals surface area contributed by atoms with Gasteiger partial charge in [0.25, 0.3) is 0 Å². The highest BCUT2D eigenvalue weighted by Crippen LogP contribution is 2.36. The lowest BCUT2D eigenvalue weighted by molar-refractivity contribution is -0.141. The van der Waals surface area contributed by atoms with E-state index in [0.717, 1.165) is 26.2 Å². The summed E-state index contributed by atoms with van der Waals surface area (Å²) in [6.07, 6.45) is -12.9. The molecule has 0 aliphatic carbocycles. The minimum atomic E-state index is -4.83. The summed E-state index contributed by atoms with van der Waals surface area (Å²) < 4.78 is 130. The zero-order valence-corrected chi connectivity index (χ0v) is 22.6. The number of halogens is 9. The molecule has 5 aromatic rings. The Morgan fingerprint density at radius 3 is 2.18 bits per heavy atom. The standard InChI is InChI=1S/C25H20F9N9O/c1-3-44-18-8-17(25(32,33)34)39-43(18)14-6-4-13(5-7-14)11-41-21-16(42(22(41)35)12-23(26,27)28)10-36-20(38-21)19-15(24(29,30)31)9-37-40(19)2/h4-10,35H,3,11-12H2,1-2H3. The number of hydrogen-bond acceptors (Lipinski definition) is 6. The Morgan fingerprint density at radius 1 is 0.909 bits per heavy atom. The summed E-state index contributed by atoms with van der Waals surface area (Å²) in [5.74, 6) is -0.663. The van der Waals surface area contributed by atoms with E-state index in [4.69, 9.17) is 10.1 Å². The Bertz CT molecular complexity index is 1870. The van der Waals surface area contributed by atoms with Gasteiger partial charge in [0.2, 0.25) is 11.5 Å². The largest absolute Gasteiger partial charge is 0.478 e. The van der Waals surface area contributed by atoms with E-state index in [9.17, 15) is 39.5 Å². The van der Waals surface area contributed by atoms with Crippen LogP contribution in [0.3, 0.4) is 0 Å². The van der Waals surface area contributed by atoms with Crippen molar-refractivity contribution in [1.29, 1.82) is 5.41 Å². The number of ether oxygens (including phenoxy) is 1. The van der Waals surface area contributed by atoms with Crippen LogP contribution in [0.2, 0.25) is 0 Å². The van der Waals surface area contributed by atoms with Crippen LogP contribution in [-0.2, 0) is 32.5 Å². The molecule has 234 valence electrons. The van der Waals surface area contributed by atoms with Gasteiger partial charge in [0, 0.05) is 13.1 Å². The fraction of sp³-hybridized carbons (Fsp3) is 0.320. The van der Waals surface area contributed by atoms with Crippen molar-refractivity contribution in [2.24, 2.45) is 7.05 Å². The normalized spacial score (nSPS) is 12.8. The fourth-order valence-corrected chi connectivity index (χ4v) is 4.49. The number of nitrogens with one attached hydrogen (secondary N) is 1. The summed E-state index contributed by atoms with van der Waals surface area (Å²) in [6, 6.07) is 6.37. The van der Waals surface area contributed by atoms with Gasteiger partial charge in [-0.3, -0.25) is 19.2 Å². The Kier molecular flexibility index (Phi) is 7.45. The SMILES string of the molecule is CCOc1cc(C(F)(F)F)nn1-c1ccc(Cn2c(=N)n(CC(F)(F)F)c3cnc(-c4c(C(F)(F)F)cnn4C)nc32)cc1. The third kappa shape index (κ3) is 5.85. The lowest BCUT2D eigenvalue weighted by Crippen LogP contribution is -2.30. The second-order valence-corrected chi connectivity index (χ2v) is 9.42. The minimum Gasteiger partial charge on any atom is -0.478 e. The number of aromatic nitrogens is 8. The number of rotatable bonds is 7. The first kappa shape index (κ1) is 30.6. The van der Waals surface area contributed by atoms with Gasteiger partial charge in [-0.1, -0.05) is 12.1 Å². The first-order valence-electron chi connectivity index (χ1n) is 12.5. The molecule has 0 atom stereocenters. The van der Waals surface area contributed by atoms with E-state index >= 15 is 0 Å². The first-order chi connectivity index (χ1) is 20.5. The average Bonchev–Trinajstić information content (AvgIpc) is 3.59. The number of imidazole rings is 1. The molecule has 10 nitrogen and oxygen atoms in total. The van der Waals surface area contributed by atoms with E-state index in [2.05, 4.69) is 20.2 Å². The number of fused-ring (bicyclic) bond motifs is 1. The second-order valence-electron chi connectivity index (χ2n) is 9.42. The van der Waals surface area contributed by atoms with Crippen LogP contribution >= 0.6 is 0 Å². The number of alkyl halides is 9. The quantitative estimate of drug-likeness (QED) is 0.244. The lowest BCUT2D eigenvalue weighted by Gasteiger charge is -2.10. The molecule has 0 fully saturated rings. The first-order valence-corrected chi connectivity index (χ1v) is 12.5. The molecule has 0 amide bonds. The van der Waals surface area contributed by atoms with Gasteiger partial charge >= 0.3 is 18.5 Å². The van der Waals surface area contributed by atoms with E-state index in [1.54, 1.807) is 6.92 Å². The van der Waals surface area contributed by atoms with Crippen molar-refractivity contribution in [3.8, 4) is 23.1 Å². The van der Waals surface area contributed by atoms with Crippen molar-refractivity contribution in [3.63, 3.8) is 0 Å². The van der Waals surface area contributed by atoms with Crippen LogP contribution in [0.15, 0.2) is 42.7 Å². The van der Waals surface area contributed by atoms with Crippen molar-refractivity contribution >= 4 is 11.2 Å². The molecule has 4 heterocycles. The molecular weight excluding hydrogens is 613 g/mol. The molecule has 0 spiro atoms. The highest BCUT2D eigenvalue weighted by molar-refractivity contribution is 5.74. The van der Waals surface area contributed by atoms with Crippen LogP contribution in [0.25, 0.3) is 28.4 Å². The van der Waals surface area contributed by atoms with E-state index in [1.807, 2.05) is 0 Å². The maximum absolute atomic E-state index is 13.6. The van der Waals surface area contributed by atoms with Crippen molar-refractivity contribution in [1.82, 2.24) is 38.7 Å². The minimum absolute atomic E-state index is 0.0547.